The molecule has 3 rings (SSSR count). The van der Waals surface area contributed by atoms with E-state index in [0.717, 1.165) is 11.3 Å². The lowest BCUT2D eigenvalue weighted by molar-refractivity contribution is -0.144. The molecule has 1 fully saturated rings. The van der Waals surface area contributed by atoms with Gasteiger partial charge in [-0.1, -0.05) is 49.2 Å². The number of nitrogens with one attached hydrogen (secondary N) is 1. The van der Waals surface area contributed by atoms with Crippen LogP contribution in [0.25, 0.3) is 0 Å². The minimum atomic E-state index is -0.744. The van der Waals surface area contributed by atoms with Crippen LogP contribution in [0.1, 0.15) is 56.0 Å². The Hall–Kier alpha value is -2.77. The highest BCUT2D eigenvalue weighted by Crippen LogP contribution is 2.32. The van der Waals surface area contributed by atoms with Gasteiger partial charge in [0.2, 0.25) is 0 Å². The molecule has 0 spiro atoms. The van der Waals surface area contributed by atoms with Crippen molar-refractivity contribution < 1.29 is 19.1 Å². The van der Waals surface area contributed by atoms with E-state index in [2.05, 4.69) is 15.3 Å². The molecule has 1 N–H and O–H groups in total. The van der Waals surface area contributed by atoms with E-state index in [0.29, 0.717) is 24.9 Å². The number of ketones is 1. The van der Waals surface area contributed by atoms with Crippen molar-refractivity contribution in [2.24, 2.45) is 10.4 Å². The van der Waals surface area contributed by atoms with Crippen molar-refractivity contribution in [3.63, 3.8) is 0 Å². The van der Waals surface area contributed by atoms with E-state index in [1.807, 2.05) is 13.8 Å². The van der Waals surface area contributed by atoms with Gasteiger partial charge < -0.3 is 10.1 Å². The molecule has 1 atom stereocenters. The summed E-state index contributed by atoms with van der Waals surface area (Å²) in [5, 5.41) is 3.06. The molecule has 1 aromatic heterocycles. The van der Waals surface area contributed by atoms with Crippen molar-refractivity contribution in [3.8, 4) is 0 Å². The van der Waals surface area contributed by atoms with Gasteiger partial charge in [-0.3, -0.25) is 19.6 Å². The molecule has 34 heavy (non-hydrogen) atoms. The number of Topliss-reactive ketones (excluding diaryl/α,β-unsaturated/α-hetero) is 1. The van der Waals surface area contributed by atoms with Gasteiger partial charge in [-0.25, -0.2) is 4.79 Å². The second-order valence-electron chi connectivity index (χ2n) is 9.03. The van der Waals surface area contributed by atoms with Crippen LogP contribution in [0.4, 0.5) is 5.69 Å². The Labute approximate surface area is 208 Å². The van der Waals surface area contributed by atoms with Crippen LogP contribution in [-0.4, -0.2) is 41.0 Å². The zero-order valence-corrected chi connectivity index (χ0v) is 20.9. The van der Waals surface area contributed by atoms with Gasteiger partial charge >= 0.3 is 5.97 Å². The predicted molar refractivity (Wildman–Crippen MR) is 133 cm³/mol. The minimum Gasteiger partial charge on any atom is -0.464 e. The molecule has 1 heterocycles. The number of aromatic nitrogens is 1. The summed E-state index contributed by atoms with van der Waals surface area (Å²) < 4.78 is 5.23. The maximum Gasteiger partial charge on any atom is 0.331 e. The number of pyridine rings is 1. The normalized spacial score (nSPS) is 17.3. The van der Waals surface area contributed by atoms with Crippen LogP contribution in [0.3, 0.4) is 0 Å². The number of anilines is 1. The van der Waals surface area contributed by atoms with Crippen LogP contribution < -0.4 is 5.32 Å². The summed E-state index contributed by atoms with van der Waals surface area (Å²) in [6, 6.07) is 6.30. The molecule has 180 valence electrons. The zero-order chi connectivity index (χ0) is 24.9. The second-order valence-corrected chi connectivity index (χ2v) is 9.84. The number of hydrogen-bond acceptors (Lipinski definition) is 6. The summed E-state index contributed by atoms with van der Waals surface area (Å²) in [7, 11) is 0. The number of nitrogens with zero attached hydrogens (tertiary/aromatic N) is 2. The Kier molecular flexibility index (Phi) is 8.44. The molecule has 9 heteroatoms. The molecule has 0 saturated heterocycles. The number of carbonyl (C=O) groups excluding carboxylic acids is 3. The smallest absolute Gasteiger partial charge is 0.331 e. The fourth-order valence-electron chi connectivity index (χ4n) is 4.00. The maximum absolute atomic E-state index is 12.6. The number of hydrogen-bond donors (Lipinski definition) is 1. The lowest BCUT2D eigenvalue weighted by Gasteiger charge is -2.30. The van der Waals surface area contributed by atoms with Gasteiger partial charge in [0.05, 0.1) is 22.2 Å². The van der Waals surface area contributed by atoms with Crippen LogP contribution in [0.15, 0.2) is 41.7 Å². The van der Waals surface area contributed by atoms with E-state index in [1.165, 1.54) is 12.4 Å². The van der Waals surface area contributed by atoms with Crippen molar-refractivity contribution in [2.75, 3.05) is 11.9 Å². The molecule has 1 aromatic carbocycles. The highest BCUT2D eigenvalue weighted by atomic mass is 35.5. The fraction of sp³-hybridized carbons (Fsp3) is 0.400. The van der Waals surface area contributed by atoms with Gasteiger partial charge in [-0.15, -0.1) is 0 Å². The van der Waals surface area contributed by atoms with Crippen LogP contribution in [0, 0.1) is 5.41 Å². The first-order valence-corrected chi connectivity index (χ1v) is 11.8. The van der Waals surface area contributed by atoms with Crippen molar-refractivity contribution in [1.82, 2.24) is 4.98 Å². The van der Waals surface area contributed by atoms with Gasteiger partial charge in [0.1, 0.15) is 5.78 Å². The third kappa shape index (κ3) is 6.87. The van der Waals surface area contributed by atoms with Crippen molar-refractivity contribution >= 4 is 52.3 Å². The largest absolute Gasteiger partial charge is 0.464 e. The monoisotopic (exact) mass is 503 g/mol. The molecular weight excluding hydrogens is 477 g/mol. The number of halogens is 2. The first-order valence-electron chi connectivity index (χ1n) is 11.0. The van der Waals surface area contributed by atoms with Crippen molar-refractivity contribution in [1.29, 1.82) is 0 Å². The lowest BCUT2D eigenvalue weighted by Crippen LogP contribution is -2.32. The molecule has 0 unspecified atom stereocenters. The number of amides is 1. The third-order valence-electron chi connectivity index (χ3n) is 5.38. The highest BCUT2D eigenvalue weighted by molar-refractivity contribution is 6.40. The Morgan fingerprint density at radius 3 is 2.38 bits per heavy atom. The molecule has 7 nitrogen and oxygen atoms in total. The molecule has 1 saturated carbocycles. The first kappa shape index (κ1) is 25.8. The van der Waals surface area contributed by atoms with Gasteiger partial charge in [0.25, 0.3) is 5.91 Å². The van der Waals surface area contributed by atoms with E-state index in [-0.39, 0.29) is 39.8 Å². The average Bonchev–Trinajstić information content (AvgIpc) is 2.73. The Morgan fingerprint density at radius 2 is 1.79 bits per heavy atom. The molecular formula is C25H27Cl2N3O4. The minimum absolute atomic E-state index is 0.132. The molecule has 2 aromatic rings. The summed E-state index contributed by atoms with van der Waals surface area (Å²) in [4.78, 5) is 45.8. The second kappa shape index (κ2) is 11.1. The first-order chi connectivity index (χ1) is 16.1. The SMILES string of the molecule is CCOC(=O)[C@H](Cc1ccc(NC(=O)c2c(Cl)cncc2Cl)cc1)N=C1CC(=O)CC(C)(C)C1. The van der Waals surface area contributed by atoms with Crippen LogP contribution in [-0.2, 0) is 20.7 Å². The number of aliphatic imine (C=N–C) groups is 1. The van der Waals surface area contributed by atoms with Crippen molar-refractivity contribution in [2.45, 2.75) is 52.5 Å². The number of carbonyl (C=O) groups is 3. The van der Waals surface area contributed by atoms with Gasteiger partial charge in [0, 0.05) is 43.1 Å². The van der Waals surface area contributed by atoms with E-state index in [1.54, 1.807) is 31.2 Å². The topological polar surface area (TPSA) is 97.7 Å². The number of ether oxygens (including phenoxy) is 1. The van der Waals surface area contributed by atoms with E-state index in [4.69, 9.17) is 27.9 Å². The Bertz CT molecular complexity index is 1090. The van der Waals surface area contributed by atoms with Crippen LogP contribution in [0.2, 0.25) is 10.0 Å². The quantitative estimate of drug-likeness (QED) is 0.514. The van der Waals surface area contributed by atoms with Crippen LogP contribution in [0.5, 0.6) is 0 Å². The van der Waals surface area contributed by atoms with Crippen molar-refractivity contribution in [3.05, 3.63) is 57.8 Å². The predicted octanol–water partition coefficient (Wildman–Crippen LogP) is 5.34. The maximum atomic E-state index is 12.6. The molecule has 0 aliphatic heterocycles. The summed E-state index contributed by atoms with van der Waals surface area (Å²) in [6.45, 7) is 6.04. The number of esters is 1. The average molecular weight is 504 g/mol. The number of rotatable bonds is 7. The summed E-state index contributed by atoms with van der Waals surface area (Å²) in [5.41, 5.74) is 2.08. The third-order valence-corrected chi connectivity index (χ3v) is 5.95. The molecule has 1 aliphatic carbocycles. The lowest BCUT2D eigenvalue weighted by atomic mass is 9.76. The Morgan fingerprint density at radius 1 is 1.15 bits per heavy atom. The van der Waals surface area contributed by atoms with Gasteiger partial charge in [0.15, 0.2) is 6.04 Å². The summed E-state index contributed by atoms with van der Waals surface area (Å²) >= 11 is 12.1. The van der Waals surface area contributed by atoms with E-state index < -0.39 is 17.9 Å². The summed E-state index contributed by atoms with van der Waals surface area (Å²) in [5.74, 6) is -0.747. The van der Waals surface area contributed by atoms with Gasteiger partial charge in [-0.05, 0) is 36.5 Å². The van der Waals surface area contributed by atoms with Crippen LogP contribution >= 0.6 is 23.2 Å². The molecule has 0 bridgehead atoms. The summed E-state index contributed by atoms with van der Waals surface area (Å²) in [6.07, 6.45) is 4.46. The van der Waals surface area contributed by atoms with E-state index in [9.17, 15) is 14.4 Å². The number of benzene rings is 1. The van der Waals surface area contributed by atoms with Gasteiger partial charge in [-0.2, -0.15) is 0 Å². The molecule has 1 aliphatic rings. The standard InChI is InChI=1S/C25H27Cl2N3O4/c1-4-34-24(33)21(29-17-10-18(31)12-25(2,3)11-17)9-15-5-7-16(8-6-15)30-23(32)22-19(26)13-28-14-20(22)27/h5-8,13-14,21H,4,9-12H2,1-3H3,(H,30,32)/t21-/m0/s1. The Balaban J connectivity index is 1.75. The molecule has 1 amide bonds. The molecule has 0 radical (unpaired) electrons. The fourth-order valence-corrected chi connectivity index (χ4v) is 4.54. The zero-order valence-electron chi connectivity index (χ0n) is 19.4. The van der Waals surface area contributed by atoms with E-state index >= 15 is 0 Å². The highest BCUT2D eigenvalue weighted by Gasteiger charge is 2.31.